The monoisotopic (exact) mass is 320 g/mol. The fourth-order valence-electron chi connectivity index (χ4n) is 3.75. The van der Waals surface area contributed by atoms with Gasteiger partial charge in [0.25, 0.3) is 0 Å². The van der Waals surface area contributed by atoms with Crippen molar-refractivity contribution in [3.8, 4) is 11.3 Å². The number of nitrogens with one attached hydrogen (secondary N) is 1. The van der Waals surface area contributed by atoms with Crippen LogP contribution in [0, 0.1) is 13.8 Å². The summed E-state index contributed by atoms with van der Waals surface area (Å²) < 4.78 is 2.17. The number of aromatic nitrogens is 3. The SMILES string of the molecule is Cc1cc(C)n2c(NC3CCCCC3)c(-c3ccccc3)nc2n1. The van der Waals surface area contributed by atoms with E-state index in [1.807, 2.05) is 13.0 Å². The van der Waals surface area contributed by atoms with Crippen LogP contribution in [0.25, 0.3) is 17.0 Å². The summed E-state index contributed by atoms with van der Waals surface area (Å²) in [6, 6.07) is 13.1. The van der Waals surface area contributed by atoms with Crippen molar-refractivity contribution in [3.63, 3.8) is 0 Å². The van der Waals surface area contributed by atoms with Gasteiger partial charge in [0, 0.05) is 23.0 Å². The van der Waals surface area contributed by atoms with E-state index in [9.17, 15) is 0 Å². The molecule has 0 unspecified atom stereocenters. The maximum absolute atomic E-state index is 4.86. The Kier molecular flexibility index (Phi) is 3.97. The Labute approximate surface area is 143 Å². The van der Waals surface area contributed by atoms with Crippen molar-refractivity contribution in [2.24, 2.45) is 0 Å². The summed E-state index contributed by atoms with van der Waals surface area (Å²) in [7, 11) is 0. The molecular weight excluding hydrogens is 296 g/mol. The molecule has 124 valence electrons. The quantitative estimate of drug-likeness (QED) is 0.756. The molecule has 0 radical (unpaired) electrons. The molecule has 1 fully saturated rings. The number of imidazole rings is 1. The molecule has 0 saturated heterocycles. The van der Waals surface area contributed by atoms with E-state index in [1.54, 1.807) is 0 Å². The summed E-state index contributed by atoms with van der Waals surface area (Å²) in [5.41, 5.74) is 4.32. The van der Waals surface area contributed by atoms with Crippen LogP contribution in [0.2, 0.25) is 0 Å². The molecule has 1 aliphatic rings. The number of anilines is 1. The molecule has 0 spiro atoms. The van der Waals surface area contributed by atoms with Crippen molar-refractivity contribution in [3.05, 3.63) is 47.8 Å². The highest BCUT2D eigenvalue weighted by Crippen LogP contribution is 2.31. The predicted octanol–water partition coefficient (Wildman–Crippen LogP) is 4.76. The van der Waals surface area contributed by atoms with Crippen molar-refractivity contribution in [2.75, 3.05) is 5.32 Å². The number of rotatable bonds is 3. The maximum atomic E-state index is 4.86. The Bertz CT molecular complexity index is 845. The lowest BCUT2D eigenvalue weighted by Crippen LogP contribution is -2.23. The molecule has 3 aromatic rings. The van der Waals surface area contributed by atoms with Crippen LogP contribution in [0.3, 0.4) is 0 Å². The molecule has 0 bridgehead atoms. The van der Waals surface area contributed by atoms with Crippen LogP contribution in [0.5, 0.6) is 0 Å². The van der Waals surface area contributed by atoms with Gasteiger partial charge in [0.1, 0.15) is 11.5 Å². The standard InChI is InChI=1S/C20H24N4/c1-14-13-15(2)24-19(22-17-11-7-4-8-12-17)18(23-20(24)21-14)16-9-5-3-6-10-16/h3,5-6,9-10,13,17,22H,4,7-8,11-12H2,1-2H3. The first-order chi connectivity index (χ1) is 11.7. The van der Waals surface area contributed by atoms with E-state index >= 15 is 0 Å². The second kappa shape index (κ2) is 6.27. The summed E-state index contributed by atoms with van der Waals surface area (Å²) in [6.07, 6.45) is 6.45. The molecule has 0 atom stereocenters. The number of benzene rings is 1. The van der Waals surface area contributed by atoms with Crippen LogP contribution in [0.4, 0.5) is 5.82 Å². The second-order valence-electron chi connectivity index (χ2n) is 6.83. The third-order valence-electron chi connectivity index (χ3n) is 4.90. The molecule has 2 aromatic heterocycles. The number of fused-ring (bicyclic) bond motifs is 1. The lowest BCUT2D eigenvalue weighted by molar-refractivity contribution is 0.461. The Morgan fingerprint density at radius 3 is 2.50 bits per heavy atom. The van der Waals surface area contributed by atoms with Gasteiger partial charge in [-0.2, -0.15) is 0 Å². The van der Waals surface area contributed by atoms with Crippen molar-refractivity contribution >= 4 is 11.6 Å². The van der Waals surface area contributed by atoms with Crippen LogP contribution in [0.15, 0.2) is 36.4 Å². The van der Waals surface area contributed by atoms with Gasteiger partial charge in [-0.1, -0.05) is 49.6 Å². The van der Waals surface area contributed by atoms with E-state index in [1.165, 1.54) is 37.8 Å². The van der Waals surface area contributed by atoms with Gasteiger partial charge in [-0.15, -0.1) is 0 Å². The molecule has 1 aromatic carbocycles. The minimum Gasteiger partial charge on any atom is -0.367 e. The molecule has 1 N–H and O–H groups in total. The molecule has 0 amide bonds. The van der Waals surface area contributed by atoms with E-state index in [2.05, 4.69) is 52.0 Å². The zero-order valence-electron chi connectivity index (χ0n) is 14.4. The fourth-order valence-corrected chi connectivity index (χ4v) is 3.75. The van der Waals surface area contributed by atoms with E-state index in [0.717, 1.165) is 28.5 Å². The van der Waals surface area contributed by atoms with Crippen LogP contribution in [-0.4, -0.2) is 20.4 Å². The first-order valence-electron chi connectivity index (χ1n) is 8.91. The van der Waals surface area contributed by atoms with Gasteiger partial charge in [-0.25, -0.2) is 9.97 Å². The van der Waals surface area contributed by atoms with Gasteiger partial charge < -0.3 is 5.32 Å². The van der Waals surface area contributed by atoms with Crippen LogP contribution in [-0.2, 0) is 0 Å². The van der Waals surface area contributed by atoms with Gasteiger partial charge in [-0.05, 0) is 32.8 Å². The van der Waals surface area contributed by atoms with Crippen LogP contribution in [0.1, 0.15) is 43.5 Å². The summed E-state index contributed by atoms with van der Waals surface area (Å²) >= 11 is 0. The summed E-state index contributed by atoms with van der Waals surface area (Å²) in [5.74, 6) is 1.87. The molecule has 4 heteroatoms. The lowest BCUT2D eigenvalue weighted by atomic mass is 9.95. The Morgan fingerprint density at radius 1 is 1.00 bits per heavy atom. The highest BCUT2D eigenvalue weighted by atomic mass is 15.2. The number of hydrogen-bond acceptors (Lipinski definition) is 3. The molecule has 4 nitrogen and oxygen atoms in total. The third-order valence-corrected chi connectivity index (χ3v) is 4.90. The van der Waals surface area contributed by atoms with Crippen molar-refractivity contribution in [1.82, 2.24) is 14.4 Å². The van der Waals surface area contributed by atoms with Gasteiger partial charge in [-0.3, -0.25) is 4.40 Å². The van der Waals surface area contributed by atoms with Gasteiger partial charge in [0.2, 0.25) is 5.78 Å². The smallest absolute Gasteiger partial charge is 0.236 e. The average molecular weight is 320 g/mol. The maximum Gasteiger partial charge on any atom is 0.236 e. The normalized spacial score (nSPS) is 15.8. The zero-order valence-corrected chi connectivity index (χ0v) is 14.4. The topological polar surface area (TPSA) is 42.2 Å². The lowest BCUT2D eigenvalue weighted by Gasteiger charge is -2.24. The van der Waals surface area contributed by atoms with Gasteiger partial charge >= 0.3 is 0 Å². The predicted molar refractivity (Wildman–Crippen MR) is 98.4 cm³/mol. The molecule has 24 heavy (non-hydrogen) atoms. The fraction of sp³-hybridized carbons (Fsp3) is 0.400. The molecule has 2 heterocycles. The third kappa shape index (κ3) is 2.77. The average Bonchev–Trinajstić information content (AvgIpc) is 2.95. The largest absolute Gasteiger partial charge is 0.367 e. The number of aryl methyl sites for hydroxylation is 2. The summed E-state index contributed by atoms with van der Waals surface area (Å²) in [6.45, 7) is 4.16. The van der Waals surface area contributed by atoms with Crippen molar-refractivity contribution < 1.29 is 0 Å². The van der Waals surface area contributed by atoms with Crippen molar-refractivity contribution in [2.45, 2.75) is 52.0 Å². The minimum absolute atomic E-state index is 0.529. The van der Waals surface area contributed by atoms with E-state index in [0.29, 0.717) is 6.04 Å². The second-order valence-corrected chi connectivity index (χ2v) is 6.83. The summed E-state index contributed by atoms with van der Waals surface area (Å²) in [5, 5.41) is 3.79. The highest BCUT2D eigenvalue weighted by Gasteiger charge is 2.21. The van der Waals surface area contributed by atoms with Crippen LogP contribution >= 0.6 is 0 Å². The Hall–Kier alpha value is -2.36. The van der Waals surface area contributed by atoms with Gasteiger partial charge in [0.15, 0.2) is 0 Å². The van der Waals surface area contributed by atoms with E-state index in [4.69, 9.17) is 4.98 Å². The van der Waals surface area contributed by atoms with Gasteiger partial charge in [0.05, 0.1) is 0 Å². The summed E-state index contributed by atoms with van der Waals surface area (Å²) in [4.78, 5) is 9.51. The van der Waals surface area contributed by atoms with E-state index < -0.39 is 0 Å². The molecule has 4 rings (SSSR count). The molecule has 1 aliphatic carbocycles. The Morgan fingerprint density at radius 2 is 1.75 bits per heavy atom. The molecule has 1 saturated carbocycles. The van der Waals surface area contributed by atoms with E-state index in [-0.39, 0.29) is 0 Å². The number of nitrogens with zero attached hydrogens (tertiary/aromatic N) is 3. The van der Waals surface area contributed by atoms with Crippen molar-refractivity contribution in [1.29, 1.82) is 0 Å². The first-order valence-corrected chi connectivity index (χ1v) is 8.91. The van der Waals surface area contributed by atoms with Crippen LogP contribution < -0.4 is 5.32 Å². The Balaban J connectivity index is 1.86. The highest BCUT2D eigenvalue weighted by molar-refractivity contribution is 5.76. The molecule has 0 aliphatic heterocycles. The number of hydrogen-bond donors (Lipinski definition) is 1. The first kappa shape index (κ1) is 15.2. The molecular formula is C20H24N4. The minimum atomic E-state index is 0.529. The zero-order chi connectivity index (χ0) is 16.5.